The van der Waals surface area contributed by atoms with Gasteiger partial charge < -0.3 is 20.2 Å². The Hall–Kier alpha value is -1.46. The van der Waals surface area contributed by atoms with Crippen LogP contribution in [0, 0.1) is 5.41 Å². The fraction of sp³-hybridized carbons (Fsp3) is 0.588. The summed E-state index contributed by atoms with van der Waals surface area (Å²) in [5, 5.41) is 13.1. The van der Waals surface area contributed by atoms with E-state index in [2.05, 4.69) is 12.2 Å². The molecular formula is C17H26ClN3O2. The summed E-state index contributed by atoms with van der Waals surface area (Å²) >= 11 is 6.05. The van der Waals surface area contributed by atoms with Crippen LogP contribution in [0.3, 0.4) is 0 Å². The van der Waals surface area contributed by atoms with Gasteiger partial charge in [0.1, 0.15) is 0 Å². The van der Waals surface area contributed by atoms with Crippen molar-refractivity contribution in [3.05, 3.63) is 23.2 Å². The molecular weight excluding hydrogens is 314 g/mol. The van der Waals surface area contributed by atoms with Gasteiger partial charge in [0.25, 0.3) is 0 Å². The van der Waals surface area contributed by atoms with Crippen LogP contribution in [0.1, 0.15) is 26.2 Å². The van der Waals surface area contributed by atoms with Crippen LogP contribution in [0.5, 0.6) is 0 Å². The van der Waals surface area contributed by atoms with Crippen molar-refractivity contribution in [2.45, 2.75) is 26.2 Å². The number of benzene rings is 1. The molecule has 1 aromatic carbocycles. The molecule has 128 valence electrons. The van der Waals surface area contributed by atoms with E-state index in [1.807, 2.05) is 36.0 Å². The van der Waals surface area contributed by atoms with E-state index in [-0.39, 0.29) is 18.1 Å². The third-order valence-electron chi connectivity index (χ3n) is 4.88. The molecule has 0 bridgehead atoms. The monoisotopic (exact) mass is 339 g/mol. The average Bonchev–Trinajstić information content (AvgIpc) is 2.54. The lowest BCUT2D eigenvalue weighted by Gasteiger charge is -2.40. The van der Waals surface area contributed by atoms with Gasteiger partial charge in [0.05, 0.1) is 11.4 Å². The molecule has 1 heterocycles. The molecule has 2 N–H and O–H groups in total. The summed E-state index contributed by atoms with van der Waals surface area (Å²) in [5.74, 6) is 0. The van der Waals surface area contributed by atoms with Gasteiger partial charge in [0.2, 0.25) is 0 Å². The number of amides is 2. The number of urea groups is 1. The van der Waals surface area contributed by atoms with Crippen LogP contribution in [0.2, 0.25) is 5.02 Å². The molecule has 1 aromatic rings. The van der Waals surface area contributed by atoms with Crippen LogP contribution in [0.4, 0.5) is 16.2 Å². The van der Waals surface area contributed by atoms with Gasteiger partial charge in [0.15, 0.2) is 0 Å². The molecule has 0 unspecified atom stereocenters. The Labute approximate surface area is 143 Å². The normalized spacial score (nSPS) is 17.0. The summed E-state index contributed by atoms with van der Waals surface area (Å²) in [6.45, 7) is 3.62. The first-order valence-electron chi connectivity index (χ1n) is 8.04. The fourth-order valence-electron chi connectivity index (χ4n) is 3.00. The van der Waals surface area contributed by atoms with Gasteiger partial charge >= 0.3 is 6.03 Å². The van der Waals surface area contributed by atoms with Crippen LogP contribution in [-0.4, -0.2) is 49.8 Å². The summed E-state index contributed by atoms with van der Waals surface area (Å²) in [4.78, 5) is 16.3. The van der Waals surface area contributed by atoms with Crippen molar-refractivity contribution in [3.8, 4) is 0 Å². The Bertz CT molecular complexity index is 549. The van der Waals surface area contributed by atoms with E-state index in [1.54, 1.807) is 6.07 Å². The number of nitrogens with zero attached hydrogens (tertiary/aromatic N) is 2. The third kappa shape index (κ3) is 4.09. The van der Waals surface area contributed by atoms with Crippen molar-refractivity contribution in [2.75, 3.05) is 44.0 Å². The summed E-state index contributed by atoms with van der Waals surface area (Å²) in [6.07, 6.45) is 2.62. The highest BCUT2D eigenvalue weighted by Gasteiger charge is 2.34. The quantitative estimate of drug-likeness (QED) is 0.883. The zero-order valence-corrected chi connectivity index (χ0v) is 14.9. The number of hydrogen-bond acceptors (Lipinski definition) is 3. The predicted octanol–water partition coefficient (Wildman–Crippen LogP) is 3.42. The van der Waals surface area contributed by atoms with E-state index in [0.29, 0.717) is 23.8 Å². The van der Waals surface area contributed by atoms with Crippen LogP contribution >= 0.6 is 11.6 Å². The maximum Gasteiger partial charge on any atom is 0.321 e. The van der Waals surface area contributed by atoms with Crippen LogP contribution in [0.25, 0.3) is 0 Å². The third-order valence-corrected chi connectivity index (χ3v) is 5.11. The Morgan fingerprint density at radius 3 is 2.57 bits per heavy atom. The molecule has 6 heteroatoms. The molecule has 1 aliphatic heterocycles. The van der Waals surface area contributed by atoms with Gasteiger partial charge in [-0.1, -0.05) is 18.5 Å². The number of carbonyl (C=O) groups excluding carboxylic acids is 1. The minimum Gasteiger partial charge on any atom is -0.396 e. The number of carbonyl (C=O) groups is 1. The minimum absolute atomic E-state index is 0.0262. The van der Waals surface area contributed by atoms with Crippen molar-refractivity contribution in [3.63, 3.8) is 0 Å². The van der Waals surface area contributed by atoms with Gasteiger partial charge in [-0.15, -0.1) is 0 Å². The lowest BCUT2D eigenvalue weighted by Crippen LogP contribution is -2.46. The van der Waals surface area contributed by atoms with Gasteiger partial charge in [-0.05, 0) is 42.9 Å². The van der Waals surface area contributed by atoms with E-state index in [0.717, 1.165) is 24.9 Å². The standard InChI is InChI=1S/C17H26ClN3O2/c1-4-17(12-22)7-9-21(10-8-17)16(23)19-14-11-13(18)5-6-15(14)20(2)3/h5-6,11,22H,4,7-10,12H2,1-3H3,(H,19,23). The van der Waals surface area contributed by atoms with E-state index in [9.17, 15) is 9.90 Å². The summed E-state index contributed by atoms with van der Waals surface area (Å²) in [5.41, 5.74) is 1.60. The first kappa shape index (κ1) is 17.9. The number of anilines is 2. The Morgan fingerprint density at radius 1 is 1.39 bits per heavy atom. The smallest absolute Gasteiger partial charge is 0.321 e. The van der Waals surface area contributed by atoms with Gasteiger partial charge in [-0.2, -0.15) is 0 Å². The van der Waals surface area contributed by atoms with Gasteiger partial charge in [0, 0.05) is 38.8 Å². The Morgan fingerprint density at radius 2 is 2.04 bits per heavy atom. The van der Waals surface area contributed by atoms with Crippen LogP contribution < -0.4 is 10.2 Å². The second-order valence-electron chi connectivity index (χ2n) is 6.48. The number of aliphatic hydroxyl groups excluding tert-OH is 1. The molecule has 1 saturated heterocycles. The SMILES string of the molecule is CCC1(CO)CCN(C(=O)Nc2cc(Cl)ccc2N(C)C)CC1. The predicted molar refractivity (Wildman–Crippen MR) is 95.4 cm³/mol. The zero-order chi connectivity index (χ0) is 17.0. The summed E-state index contributed by atoms with van der Waals surface area (Å²) in [6, 6.07) is 5.35. The van der Waals surface area contributed by atoms with Crippen molar-refractivity contribution >= 4 is 29.0 Å². The Balaban J connectivity index is 2.05. The largest absolute Gasteiger partial charge is 0.396 e. The second kappa shape index (κ2) is 7.41. The number of aliphatic hydroxyl groups is 1. The lowest BCUT2D eigenvalue weighted by atomic mass is 9.77. The number of halogens is 1. The van der Waals surface area contributed by atoms with Crippen LogP contribution in [-0.2, 0) is 0 Å². The fourth-order valence-corrected chi connectivity index (χ4v) is 3.17. The molecule has 2 rings (SSSR count). The molecule has 0 spiro atoms. The van der Waals surface area contributed by atoms with Crippen molar-refractivity contribution in [1.29, 1.82) is 0 Å². The van der Waals surface area contributed by atoms with Crippen molar-refractivity contribution < 1.29 is 9.90 Å². The molecule has 5 nitrogen and oxygen atoms in total. The highest BCUT2D eigenvalue weighted by atomic mass is 35.5. The Kier molecular flexibility index (Phi) is 5.76. The molecule has 2 amide bonds. The first-order chi connectivity index (χ1) is 10.9. The number of likely N-dealkylation sites (tertiary alicyclic amines) is 1. The van der Waals surface area contributed by atoms with Crippen LogP contribution in [0.15, 0.2) is 18.2 Å². The number of rotatable bonds is 4. The highest BCUT2D eigenvalue weighted by Crippen LogP contribution is 2.35. The minimum atomic E-state index is -0.113. The van der Waals surface area contributed by atoms with Gasteiger partial charge in [-0.25, -0.2) is 4.79 Å². The zero-order valence-electron chi connectivity index (χ0n) is 14.1. The molecule has 0 radical (unpaired) electrons. The van der Waals surface area contributed by atoms with E-state index in [4.69, 9.17) is 11.6 Å². The molecule has 23 heavy (non-hydrogen) atoms. The highest BCUT2D eigenvalue weighted by molar-refractivity contribution is 6.31. The molecule has 0 atom stereocenters. The lowest BCUT2D eigenvalue weighted by molar-refractivity contribution is 0.0542. The average molecular weight is 340 g/mol. The topological polar surface area (TPSA) is 55.8 Å². The van der Waals surface area contributed by atoms with Gasteiger partial charge in [-0.3, -0.25) is 0 Å². The van der Waals surface area contributed by atoms with E-state index < -0.39 is 0 Å². The van der Waals surface area contributed by atoms with E-state index >= 15 is 0 Å². The second-order valence-corrected chi connectivity index (χ2v) is 6.92. The summed E-state index contributed by atoms with van der Waals surface area (Å²) in [7, 11) is 3.85. The first-order valence-corrected chi connectivity index (χ1v) is 8.42. The number of hydrogen-bond donors (Lipinski definition) is 2. The molecule has 0 aliphatic carbocycles. The van der Waals surface area contributed by atoms with E-state index in [1.165, 1.54) is 0 Å². The molecule has 1 aliphatic rings. The molecule has 0 saturated carbocycles. The van der Waals surface area contributed by atoms with Crippen molar-refractivity contribution in [2.24, 2.45) is 5.41 Å². The number of piperidine rings is 1. The number of nitrogens with one attached hydrogen (secondary N) is 1. The van der Waals surface area contributed by atoms with Crippen molar-refractivity contribution in [1.82, 2.24) is 4.90 Å². The molecule has 1 fully saturated rings. The molecule has 0 aromatic heterocycles. The summed E-state index contributed by atoms with van der Waals surface area (Å²) < 4.78 is 0. The maximum atomic E-state index is 12.5. The maximum absolute atomic E-state index is 12.5.